The molecular formula is C19H16F2N4O2. The van der Waals surface area contributed by atoms with Crippen LogP contribution in [0.2, 0.25) is 0 Å². The second kappa shape index (κ2) is 6.71. The molecule has 0 saturated carbocycles. The highest BCUT2D eigenvalue weighted by Crippen LogP contribution is 2.32. The summed E-state index contributed by atoms with van der Waals surface area (Å²) in [5.41, 5.74) is 5.78. The van der Waals surface area contributed by atoms with Crippen molar-refractivity contribution in [3.8, 4) is 5.75 Å². The van der Waals surface area contributed by atoms with Gasteiger partial charge in [-0.1, -0.05) is 6.08 Å². The molecule has 138 valence electrons. The Kier molecular flexibility index (Phi) is 4.23. The Labute approximate surface area is 152 Å². The molecule has 27 heavy (non-hydrogen) atoms. The maximum absolute atomic E-state index is 14.4. The van der Waals surface area contributed by atoms with E-state index in [-0.39, 0.29) is 34.6 Å². The number of halogens is 2. The average molecular weight is 370 g/mol. The Morgan fingerprint density at radius 2 is 2.19 bits per heavy atom. The number of fused-ring (bicyclic) bond motifs is 1. The van der Waals surface area contributed by atoms with Crippen LogP contribution < -0.4 is 16.0 Å². The Hall–Kier alpha value is -3.42. The minimum absolute atomic E-state index is 0.0732. The molecule has 0 bridgehead atoms. The number of nitrogens with two attached hydrogens (primary N) is 1. The second-order valence-electron chi connectivity index (χ2n) is 6.17. The summed E-state index contributed by atoms with van der Waals surface area (Å²) in [5, 5.41) is 0. The Balaban J connectivity index is 1.76. The molecule has 4 rings (SSSR count). The first-order valence-corrected chi connectivity index (χ1v) is 8.39. The van der Waals surface area contributed by atoms with Crippen LogP contribution in [-0.4, -0.2) is 14.5 Å². The summed E-state index contributed by atoms with van der Waals surface area (Å²) in [6, 6.07) is 4.15. The summed E-state index contributed by atoms with van der Waals surface area (Å²) in [6.07, 6.45) is 8.59. The molecule has 3 aromatic rings. The largest absolute Gasteiger partial charge is 0.452 e. The predicted molar refractivity (Wildman–Crippen MR) is 97.3 cm³/mol. The van der Waals surface area contributed by atoms with Crippen molar-refractivity contribution < 1.29 is 13.5 Å². The van der Waals surface area contributed by atoms with E-state index in [4.69, 9.17) is 10.5 Å². The number of H-pyrrole nitrogens is 1. The van der Waals surface area contributed by atoms with Crippen LogP contribution in [0, 0.1) is 11.6 Å². The molecule has 0 fully saturated rings. The lowest BCUT2D eigenvalue weighted by atomic mass is 10.2. The van der Waals surface area contributed by atoms with E-state index in [2.05, 4.69) is 9.97 Å². The standard InChI is InChI=1S/C19H16F2N4O2/c20-12-9-14-17(18(16(12)21)27-11-5-2-1-3-6-11)24-15(23-14)10-25-8-4-7-13(22)19(25)26/h2,4-9H,1,3,10,22H2,(H,23,24). The number of nitrogens with zero attached hydrogens (tertiary/aromatic N) is 2. The molecule has 1 aliphatic carbocycles. The first-order chi connectivity index (χ1) is 13.0. The molecule has 0 unspecified atom stereocenters. The lowest BCUT2D eigenvalue weighted by Gasteiger charge is -2.11. The van der Waals surface area contributed by atoms with Crippen LogP contribution >= 0.6 is 0 Å². The van der Waals surface area contributed by atoms with E-state index in [1.165, 1.54) is 10.6 Å². The van der Waals surface area contributed by atoms with Crippen molar-refractivity contribution in [2.24, 2.45) is 0 Å². The lowest BCUT2D eigenvalue weighted by Crippen LogP contribution is -2.22. The minimum atomic E-state index is -1.11. The van der Waals surface area contributed by atoms with Gasteiger partial charge in [0, 0.05) is 12.3 Å². The zero-order valence-electron chi connectivity index (χ0n) is 14.2. The average Bonchev–Trinajstić information content (AvgIpc) is 3.06. The van der Waals surface area contributed by atoms with E-state index in [0.29, 0.717) is 11.6 Å². The molecule has 1 aromatic carbocycles. The highest BCUT2D eigenvalue weighted by molar-refractivity contribution is 5.82. The number of aromatic amines is 1. The molecule has 0 aliphatic heterocycles. The van der Waals surface area contributed by atoms with E-state index < -0.39 is 11.6 Å². The van der Waals surface area contributed by atoms with Crippen LogP contribution in [0.3, 0.4) is 0 Å². The smallest absolute Gasteiger partial charge is 0.274 e. The normalized spacial score (nSPS) is 13.8. The van der Waals surface area contributed by atoms with Gasteiger partial charge in [-0.2, -0.15) is 4.39 Å². The van der Waals surface area contributed by atoms with E-state index in [1.54, 1.807) is 24.4 Å². The number of ether oxygens (including phenoxy) is 1. The SMILES string of the molecule is Nc1cccn(Cc2nc3c(OC4=CCCC=C4)c(F)c(F)cc3[nH]2)c1=O. The number of anilines is 1. The van der Waals surface area contributed by atoms with Crippen molar-refractivity contribution in [2.75, 3.05) is 5.73 Å². The molecule has 0 atom stereocenters. The fourth-order valence-corrected chi connectivity index (χ4v) is 2.91. The van der Waals surface area contributed by atoms with Gasteiger partial charge in [0.1, 0.15) is 17.1 Å². The summed E-state index contributed by atoms with van der Waals surface area (Å²) < 4.78 is 35.3. The van der Waals surface area contributed by atoms with Crippen LogP contribution in [0.1, 0.15) is 18.7 Å². The third kappa shape index (κ3) is 3.21. The highest BCUT2D eigenvalue weighted by atomic mass is 19.2. The predicted octanol–water partition coefficient (Wildman–Crippen LogP) is 3.25. The summed E-state index contributed by atoms with van der Waals surface area (Å²) in [6.45, 7) is 0.0732. The summed E-state index contributed by atoms with van der Waals surface area (Å²) in [4.78, 5) is 19.3. The zero-order valence-corrected chi connectivity index (χ0v) is 14.2. The number of imidazole rings is 1. The van der Waals surface area contributed by atoms with Crippen LogP contribution in [0.25, 0.3) is 11.0 Å². The molecule has 3 N–H and O–H groups in total. The van der Waals surface area contributed by atoms with Crippen molar-refractivity contribution in [2.45, 2.75) is 19.4 Å². The molecule has 0 radical (unpaired) electrons. The van der Waals surface area contributed by atoms with Crippen LogP contribution in [0.15, 0.2) is 53.2 Å². The van der Waals surface area contributed by atoms with Crippen molar-refractivity contribution in [3.05, 3.63) is 76.2 Å². The molecule has 2 aromatic heterocycles. The summed E-state index contributed by atoms with van der Waals surface area (Å²) in [5.74, 6) is -1.66. The number of hydrogen-bond donors (Lipinski definition) is 2. The van der Waals surface area contributed by atoms with Gasteiger partial charge in [-0.05, 0) is 37.1 Å². The summed E-state index contributed by atoms with van der Waals surface area (Å²) >= 11 is 0. The van der Waals surface area contributed by atoms with Gasteiger partial charge < -0.3 is 20.0 Å². The van der Waals surface area contributed by atoms with Crippen molar-refractivity contribution >= 4 is 16.7 Å². The number of aromatic nitrogens is 3. The molecule has 0 spiro atoms. The number of hydrogen-bond acceptors (Lipinski definition) is 4. The van der Waals surface area contributed by atoms with Gasteiger partial charge in [-0.3, -0.25) is 4.79 Å². The topological polar surface area (TPSA) is 85.9 Å². The van der Waals surface area contributed by atoms with Crippen LogP contribution in [0.5, 0.6) is 5.75 Å². The van der Waals surface area contributed by atoms with Gasteiger partial charge in [-0.25, -0.2) is 9.37 Å². The third-order valence-electron chi connectivity index (χ3n) is 4.23. The van der Waals surface area contributed by atoms with Crippen molar-refractivity contribution in [1.82, 2.24) is 14.5 Å². The lowest BCUT2D eigenvalue weighted by molar-refractivity contribution is 0.394. The number of nitrogens with one attached hydrogen (secondary N) is 1. The monoisotopic (exact) mass is 370 g/mol. The van der Waals surface area contributed by atoms with E-state index in [0.717, 1.165) is 18.9 Å². The maximum Gasteiger partial charge on any atom is 0.274 e. The summed E-state index contributed by atoms with van der Waals surface area (Å²) in [7, 11) is 0. The quantitative estimate of drug-likeness (QED) is 0.738. The van der Waals surface area contributed by atoms with E-state index in [1.807, 2.05) is 6.08 Å². The van der Waals surface area contributed by atoms with E-state index in [9.17, 15) is 13.6 Å². The first-order valence-electron chi connectivity index (χ1n) is 8.39. The molecule has 1 aliphatic rings. The molecule has 0 amide bonds. The fraction of sp³-hybridized carbons (Fsp3) is 0.158. The molecule has 8 heteroatoms. The van der Waals surface area contributed by atoms with Gasteiger partial charge in [-0.15, -0.1) is 0 Å². The first kappa shape index (κ1) is 17.0. The van der Waals surface area contributed by atoms with Gasteiger partial charge in [0.15, 0.2) is 11.6 Å². The number of nitrogen functional groups attached to an aromatic ring is 1. The Bertz CT molecular complexity index is 1140. The van der Waals surface area contributed by atoms with Crippen molar-refractivity contribution in [1.29, 1.82) is 0 Å². The molecule has 2 heterocycles. The second-order valence-corrected chi connectivity index (χ2v) is 6.17. The number of allylic oxidation sites excluding steroid dienone is 3. The van der Waals surface area contributed by atoms with Gasteiger partial charge in [0.05, 0.1) is 17.7 Å². The number of benzene rings is 1. The Morgan fingerprint density at radius 1 is 1.33 bits per heavy atom. The third-order valence-corrected chi connectivity index (χ3v) is 4.23. The maximum atomic E-state index is 14.4. The number of pyridine rings is 1. The van der Waals surface area contributed by atoms with E-state index >= 15 is 0 Å². The molecule has 6 nitrogen and oxygen atoms in total. The minimum Gasteiger partial charge on any atom is -0.452 e. The van der Waals surface area contributed by atoms with Gasteiger partial charge in [0.2, 0.25) is 5.82 Å². The fourth-order valence-electron chi connectivity index (χ4n) is 2.91. The highest BCUT2D eigenvalue weighted by Gasteiger charge is 2.20. The van der Waals surface area contributed by atoms with Crippen molar-refractivity contribution in [3.63, 3.8) is 0 Å². The van der Waals surface area contributed by atoms with Crippen LogP contribution in [0.4, 0.5) is 14.5 Å². The molecular weight excluding hydrogens is 354 g/mol. The van der Waals surface area contributed by atoms with Gasteiger partial charge >= 0.3 is 0 Å². The van der Waals surface area contributed by atoms with Gasteiger partial charge in [0.25, 0.3) is 5.56 Å². The number of rotatable bonds is 4. The molecule has 0 saturated heterocycles. The zero-order chi connectivity index (χ0) is 19.0. The Morgan fingerprint density at radius 3 is 2.96 bits per heavy atom. The van der Waals surface area contributed by atoms with Crippen LogP contribution in [-0.2, 0) is 6.54 Å².